The number of carbonyl (C=O) groups excluding carboxylic acids is 2. The summed E-state index contributed by atoms with van der Waals surface area (Å²) >= 11 is 3.31. The molecule has 2 N–H and O–H groups in total. The van der Waals surface area contributed by atoms with Gasteiger partial charge < -0.3 is 9.47 Å². The summed E-state index contributed by atoms with van der Waals surface area (Å²) in [5, 5.41) is 0. The van der Waals surface area contributed by atoms with Crippen molar-refractivity contribution < 1.29 is 19.1 Å². The summed E-state index contributed by atoms with van der Waals surface area (Å²) in [6.07, 6.45) is 3.38. The van der Waals surface area contributed by atoms with Gasteiger partial charge in [-0.25, -0.2) is 0 Å². The number of hydrogen-bond acceptors (Lipinski definition) is 5. The average molecular weight is 470 g/mol. The van der Waals surface area contributed by atoms with E-state index in [9.17, 15) is 9.59 Å². The van der Waals surface area contributed by atoms with E-state index in [-0.39, 0.29) is 0 Å². The van der Waals surface area contributed by atoms with Gasteiger partial charge in [0.05, 0.1) is 12.2 Å². The maximum absolute atomic E-state index is 12.5. The van der Waals surface area contributed by atoms with Crippen LogP contribution in [0.1, 0.15) is 33.2 Å². The Hall–Kier alpha value is -3.39. The Morgan fingerprint density at radius 3 is 2.40 bits per heavy atom. The van der Waals surface area contributed by atoms with Gasteiger partial charge in [-0.2, -0.15) is 0 Å². The van der Waals surface area contributed by atoms with Gasteiger partial charge in [-0.1, -0.05) is 12.1 Å². The fraction of sp³-hybridized carbons (Fsp3) is 0.136. The van der Waals surface area contributed by atoms with Crippen molar-refractivity contribution in [3.63, 3.8) is 0 Å². The fourth-order valence-electron chi connectivity index (χ4n) is 2.58. The van der Waals surface area contributed by atoms with E-state index in [0.717, 1.165) is 5.56 Å². The summed E-state index contributed by atoms with van der Waals surface area (Å²) in [5.41, 5.74) is 6.51. The van der Waals surface area contributed by atoms with E-state index in [0.29, 0.717) is 40.3 Å². The van der Waals surface area contributed by atoms with Crippen LogP contribution in [0.4, 0.5) is 0 Å². The summed E-state index contributed by atoms with van der Waals surface area (Å²) in [4.78, 5) is 28.7. The molecule has 0 aliphatic heterocycles. The highest BCUT2D eigenvalue weighted by molar-refractivity contribution is 9.10. The fourth-order valence-corrected chi connectivity index (χ4v) is 3.04. The van der Waals surface area contributed by atoms with Gasteiger partial charge in [0.1, 0.15) is 6.61 Å². The van der Waals surface area contributed by atoms with Gasteiger partial charge in [0, 0.05) is 22.4 Å². The maximum atomic E-state index is 12.5. The van der Waals surface area contributed by atoms with Gasteiger partial charge in [-0.15, -0.1) is 0 Å². The zero-order valence-corrected chi connectivity index (χ0v) is 17.8. The summed E-state index contributed by atoms with van der Waals surface area (Å²) in [6, 6.07) is 15.5. The van der Waals surface area contributed by atoms with Crippen LogP contribution in [0.25, 0.3) is 0 Å². The normalized spacial score (nSPS) is 10.2. The van der Waals surface area contributed by atoms with Crippen LogP contribution in [0.2, 0.25) is 0 Å². The number of benzene rings is 2. The van der Waals surface area contributed by atoms with Gasteiger partial charge in [-0.05, 0) is 70.9 Å². The van der Waals surface area contributed by atoms with E-state index in [4.69, 9.17) is 9.47 Å². The zero-order valence-electron chi connectivity index (χ0n) is 16.2. The van der Waals surface area contributed by atoms with Crippen molar-refractivity contribution in [3.05, 3.63) is 88.2 Å². The first-order valence-electron chi connectivity index (χ1n) is 9.22. The predicted molar refractivity (Wildman–Crippen MR) is 115 cm³/mol. The number of hydrazine groups is 1. The number of nitrogens with zero attached hydrogens (tertiary/aromatic N) is 1. The van der Waals surface area contributed by atoms with Crippen molar-refractivity contribution in [3.8, 4) is 11.5 Å². The topological polar surface area (TPSA) is 89.6 Å². The molecule has 1 aromatic heterocycles. The molecule has 0 unspecified atom stereocenters. The Kier molecular flexibility index (Phi) is 7.40. The molecule has 3 aromatic rings. The van der Waals surface area contributed by atoms with Gasteiger partial charge in [0.15, 0.2) is 11.5 Å². The van der Waals surface area contributed by atoms with Crippen molar-refractivity contribution in [2.75, 3.05) is 6.61 Å². The second kappa shape index (κ2) is 10.4. The third-order valence-electron chi connectivity index (χ3n) is 4.06. The molecule has 0 saturated heterocycles. The molecule has 0 fully saturated rings. The summed E-state index contributed by atoms with van der Waals surface area (Å²) < 4.78 is 12.1. The number of aromatic nitrogens is 1. The minimum Gasteiger partial charge on any atom is -0.490 e. The summed E-state index contributed by atoms with van der Waals surface area (Å²) in [6.45, 7) is 2.60. The van der Waals surface area contributed by atoms with Crippen LogP contribution in [0.3, 0.4) is 0 Å². The zero-order chi connectivity index (χ0) is 21.3. The van der Waals surface area contributed by atoms with E-state index in [1.54, 1.807) is 54.9 Å². The molecule has 2 amide bonds. The Morgan fingerprint density at radius 2 is 1.67 bits per heavy atom. The van der Waals surface area contributed by atoms with Crippen molar-refractivity contribution in [2.24, 2.45) is 0 Å². The first kappa shape index (κ1) is 21.3. The lowest BCUT2D eigenvalue weighted by atomic mass is 10.2. The monoisotopic (exact) mass is 469 g/mol. The third-order valence-corrected chi connectivity index (χ3v) is 4.75. The van der Waals surface area contributed by atoms with Crippen LogP contribution < -0.4 is 20.3 Å². The number of halogens is 1. The molecule has 0 atom stereocenters. The average Bonchev–Trinajstić information content (AvgIpc) is 2.77. The number of pyridine rings is 1. The predicted octanol–water partition coefficient (Wildman–Crippen LogP) is 3.90. The minimum atomic E-state index is -0.475. The largest absolute Gasteiger partial charge is 0.490 e. The molecule has 8 heteroatoms. The first-order chi connectivity index (χ1) is 14.6. The van der Waals surface area contributed by atoms with Crippen LogP contribution in [0.5, 0.6) is 11.5 Å². The number of ether oxygens (including phenoxy) is 2. The molecule has 0 spiro atoms. The van der Waals surface area contributed by atoms with E-state index < -0.39 is 11.8 Å². The summed E-state index contributed by atoms with van der Waals surface area (Å²) in [5.74, 6) is 0.0500. The first-order valence-corrected chi connectivity index (χ1v) is 10.0. The Labute approximate surface area is 182 Å². The highest BCUT2D eigenvalue weighted by Gasteiger charge is 2.14. The highest BCUT2D eigenvalue weighted by Crippen LogP contribution is 2.29. The molecule has 2 aromatic carbocycles. The van der Waals surface area contributed by atoms with Crippen molar-refractivity contribution in [1.29, 1.82) is 0 Å². The smallest absolute Gasteiger partial charge is 0.270 e. The molecule has 0 aliphatic carbocycles. The number of rotatable bonds is 7. The second-order valence-electron chi connectivity index (χ2n) is 6.13. The van der Waals surface area contributed by atoms with Gasteiger partial charge in [0.25, 0.3) is 11.8 Å². The molecule has 0 saturated carbocycles. The number of hydrogen-bond donors (Lipinski definition) is 2. The molecule has 0 bridgehead atoms. The lowest BCUT2D eigenvalue weighted by Crippen LogP contribution is -2.41. The molecular weight excluding hydrogens is 450 g/mol. The molecule has 154 valence electrons. The Bertz CT molecular complexity index is 1030. The van der Waals surface area contributed by atoms with Gasteiger partial charge >= 0.3 is 0 Å². The molecule has 0 radical (unpaired) electrons. The van der Waals surface area contributed by atoms with Gasteiger partial charge in [0.2, 0.25) is 0 Å². The SMILES string of the molecule is CCOc1cc(C(=O)NNC(=O)c2ccccc2Br)ccc1OCc1ccncc1. The van der Waals surface area contributed by atoms with Crippen LogP contribution >= 0.6 is 15.9 Å². The van der Waals surface area contributed by atoms with E-state index in [1.807, 2.05) is 19.1 Å². The Morgan fingerprint density at radius 1 is 0.933 bits per heavy atom. The standard InChI is InChI=1S/C22H20BrN3O4/c1-2-29-20-13-16(7-8-19(20)30-14-15-9-11-24-12-10-15)21(27)25-26-22(28)17-5-3-4-6-18(17)23/h3-13H,2,14H2,1H3,(H,25,27)(H,26,28). The Balaban J connectivity index is 1.66. The lowest BCUT2D eigenvalue weighted by molar-refractivity contribution is 0.0846. The van der Waals surface area contributed by atoms with E-state index >= 15 is 0 Å². The number of amides is 2. The van der Waals surface area contributed by atoms with Gasteiger partial charge in [-0.3, -0.25) is 25.4 Å². The quantitative estimate of drug-likeness (QED) is 0.512. The third kappa shape index (κ3) is 5.57. The molecule has 0 aliphatic rings. The molecule has 3 rings (SSSR count). The molecule has 30 heavy (non-hydrogen) atoms. The molecular formula is C22H20BrN3O4. The molecule has 1 heterocycles. The van der Waals surface area contributed by atoms with Crippen molar-refractivity contribution in [2.45, 2.75) is 13.5 Å². The number of nitrogens with one attached hydrogen (secondary N) is 2. The van der Waals surface area contributed by atoms with Crippen LogP contribution in [0.15, 0.2) is 71.5 Å². The second-order valence-corrected chi connectivity index (χ2v) is 6.98. The summed E-state index contributed by atoms with van der Waals surface area (Å²) in [7, 11) is 0. The van der Waals surface area contributed by atoms with E-state index in [1.165, 1.54) is 0 Å². The highest BCUT2D eigenvalue weighted by atomic mass is 79.9. The van der Waals surface area contributed by atoms with E-state index in [2.05, 4.69) is 31.8 Å². The van der Waals surface area contributed by atoms with Crippen LogP contribution in [-0.2, 0) is 6.61 Å². The van der Waals surface area contributed by atoms with Crippen LogP contribution in [-0.4, -0.2) is 23.4 Å². The van der Waals surface area contributed by atoms with Crippen LogP contribution in [0, 0.1) is 0 Å². The lowest BCUT2D eigenvalue weighted by Gasteiger charge is -2.14. The number of carbonyl (C=O) groups is 2. The van der Waals surface area contributed by atoms with Crippen molar-refractivity contribution in [1.82, 2.24) is 15.8 Å². The van der Waals surface area contributed by atoms with Crippen molar-refractivity contribution >= 4 is 27.7 Å². The maximum Gasteiger partial charge on any atom is 0.270 e. The molecule has 7 nitrogen and oxygen atoms in total. The minimum absolute atomic E-state index is 0.321.